The summed E-state index contributed by atoms with van der Waals surface area (Å²) in [5.41, 5.74) is 1.11. The zero-order chi connectivity index (χ0) is 13.7. The van der Waals surface area contributed by atoms with Crippen molar-refractivity contribution in [2.45, 2.75) is 13.0 Å². The number of aliphatic hydroxyl groups is 1. The van der Waals surface area contributed by atoms with E-state index in [1.807, 2.05) is 0 Å². The van der Waals surface area contributed by atoms with E-state index in [-0.39, 0.29) is 12.4 Å². The molecule has 19 heavy (non-hydrogen) atoms. The van der Waals surface area contributed by atoms with Crippen molar-refractivity contribution < 1.29 is 9.50 Å². The highest BCUT2D eigenvalue weighted by molar-refractivity contribution is 6.30. The zero-order valence-corrected chi connectivity index (χ0v) is 10.9. The van der Waals surface area contributed by atoms with Crippen molar-refractivity contribution in [2.75, 3.05) is 6.61 Å². The van der Waals surface area contributed by atoms with Gasteiger partial charge in [0.25, 0.3) is 0 Å². The summed E-state index contributed by atoms with van der Waals surface area (Å²) in [4.78, 5) is 0. The lowest BCUT2D eigenvalue weighted by molar-refractivity contribution is 0.305. The quantitative estimate of drug-likeness (QED) is 0.876. The summed E-state index contributed by atoms with van der Waals surface area (Å²) in [5, 5.41) is 13.1. The van der Waals surface area contributed by atoms with Gasteiger partial charge in [0, 0.05) is 23.7 Å². The first kappa shape index (κ1) is 13.6. The van der Waals surface area contributed by atoms with E-state index in [0.717, 1.165) is 0 Å². The molecule has 2 aromatic rings. The minimum Gasteiger partial charge on any atom is -0.395 e. The Morgan fingerprint density at radius 1 is 1.42 bits per heavy atom. The Kier molecular flexibility index (Phi) is 4.56. The van der Waals surface area contributed by atoms with Crippen molar-refractivity contribution in [3.8, 4) is 11.8 Å². The molecule has 0 saturated heterocycles. The molecule has 1 aromatic heterocycles. The van der Waals surface area contributed by atoms with Crippen molar-refractivity contribution in [2.24, 2.45) is 0 Å². The Labute approximate surface area is 115 Å². The zero-order valence-electron chi connectivity index (χ0n) is 10.1. The van der Waals surface area contributed by atoms with Crippen LogP contribution in [0.3, 0.4) is 0 Å². The fourth-order valence-corrected chi connectivity index (χ4v) is 1.73. The molecule has 0 aliphatic rings. The highest BCUT2D eigenvalue weighted by Gasteiger charge is 2.04. The van der Waals surface area contributed by atoms with Gasteiger partial charge < -0.3 is 5.11 Å². The molecule has 0 aliphatic carbocycles. The molecule has 0 fully saturated rings. The molecular weight excluding hydrogens is 267 g/mol. The molecule has 0 amide bonds. The van der Waals surface area contributed by atoms with Crippen LogP contribution >= 0.6 is 11.6 Å². The van der Waals surface area contributed by atoms with Gasteiger partial charge in [-0.05, 0) is 12.1 Å². The van der Waals surface area contributed by atoms with Gasteiger partial charge in [0.05, 0.1) is 24.4 Å². The minimum absolute atomic E-state index is 0.00756. The average molecular weight is 279 g/mol. The Morgan fingerprint density at radius 3 is 2.89 bits per heavy atom. The van der Waals surface area contributed by atoms with Gasteiger partial charge in [-0.25, -0.2) is 4.39 Å². The Hall–Kier alpha value is -1.83. The van der Waals surface area contributed by atoms with Gasteiger partial charge in [-0.15, -0.1) is 0 Å². The van der Waals surface area contributed by atoms with Crippen molar-refractivity contribution in [3.05, 3.63) is 52.6 Å². The number of hydrogen-bond donors (Lipinski definition) is 1. The van der Waals surface area contributed by atoms with Gasteiger partial charge in [-0.2, -0.15) is 5.10 Å². The predicted octanol–water partition coefficient (Wildman–Crippen LogP) is 2.46. The van der Waals surface area contributed by atoms with Crippen LogP contribution in [-0.4, -0.2) is 21.5 Å². The second-order valence-corrected chi connectivity index (χ2v) is 4.37. The Bertz CT molecular complexity index is 628. The van der Waals surface area contributed by atoms with Gasteiger partial charge in [-0.3, -0.25) is 4.68 Å². The van der Waals surface area contributed by atoms with Gasteiger partial charge in [0.2, 0.25) is 0 Å². The van der Waals surface area contributed by atoms with Crippen molar-refractivity contribution in [1.29, 1.82) is 0 Å². The third-order valence-electron chi connectivity index (χ3n) is 2.46. The molecule has 1 aromatic carbocycles. The van der Waals surface area contributed by atoms with Crippen LogP contribution in [0.1, 0.15) is 17.5 Å². The Balaban J connectivity index is 2.13. The molecule has 0 bridgehead atoms. The standard InChI is InChI=1S/C14H12ClFN2O/c15-13-8-17-18(10-13)9-12-5-4-11(7-14(12)16)3-1-2-6-19/h4-5,7-8,10,19H,2,6,9H2. The first-order valence-electron chi connectivity index (χ1n) is 5.75. The fourth-order valence-electron chi connectivity index (χ4n) is 1.57. The van der Waals surface area contributed by atoms with Gasteiger partial charge in [-0.1, -0.05) is 29.5 Å². The van der Waals surface area contributed by atoms with Crippen LogP contribution in [0.25, 0.3) is 0 Å². The van der Waals surface area contributed by atoms with Crippen molar-refractivity contribution in [3.63, 3.8) is 0 Å². The van der Waals surface area contributed by atoms with Crippen molar-refractivity contribution >= 4 is 11.6 Å². The number of rotatable bonds is 3. The molecule has 0 spiro atoms. The van der Waals surface area contributed by atoms with Crippen LogP contribution < -0.4 is 0 Å². The predicted molar refractivity (Wildman–Crippen MR) is 71.3 cm³/mol. The molecule has 98 valence electrons. The summed E-state index contributed by atoms with van der Waals surface area (Å²) in [6.45, 7) is 0.330. The van der Waals surface area contributed by atoms with Gasteiger partial charge in [0.15, 0.2) is 0 Å². The van der Waals surface area contributed by atoms with E-state index < -0.39 is 0 Å². The van der Waals surface area contributed by atoms with Crippen molar-refractivity contribution in [1.82, 2.24) is 9.78 Å². The highest BCUT2D eigenvalue weighted by Crippen LogP contribution is 2.13. The molecule has 3 nitrogen and oxygen atoms in total. The average Bonchev–Trinajstić information content (AvgIpc) is 2.79. The molecule has 1 heterocycles. The van der Waals surface area contributed by atoms with E-state index in [9.17, 15) is 4.39 Å². The molecule has 0 unspecified atom stereocenters. The lowest BCUT2D eigenvalue weighted by Gasteiger charge is -2.04. The van der Waals surface area contributed by atoms with Crippen LogP contribution in [-0.2, 0) is 6.54 Å². The maximum Gasteiger partial charge on any atom is 0.129 e. The van der Waals surface area contributed by atoms with E-state index in [0.29, 0.717) is 29.1 Å². The number of nitrogens with zero attached hydrogens (tertiary/aromatic N) is 2. The molecule has 0 saturated carbocycles. The summed E-state index contributed by atoms with van der Waals surface area (Å²) in [7, 11) is 0. The first-order chi connectivity index (χ1) is 9.19. The smallest absolute Gasteiger partial charge is 0.129 e. The summed E-state index contributed by atoms with van der Waals surface area (Å²) in [5.74, 6) is 5.21. The monoisotopic (exact) mass is 278 g/mol. The van der Waals surface area contributed by atoms with Crippen LogP contribution in [0.5, 0.6) is 0 Å². The van der Waals surface area contributed by atoms with E-state index in [1.54, 1.807) is 23.0 Å². The second kappa shape index (κ2) is 6.37. The minimum atomic E-state index is -0.331. The number of aliphatic hydroxyl groups excluding tert-OH is 1. The Morgan fingerprint density at radius 2 is 2.26 bits per heavy atom. The third kappa shape index (κ3) is 3.82. The SMILES string of the molecule is OCCC#Cc1ccc(Cn2cc(Cl)cn2)c(F)c1. The largest absolute Gasteiger partial charge is 0.395 e. The van der Waals surface area contributed by atoms with Crippen LogP contribution in [0.4, 0.5) is 4.39 Å². The number of halogens is 2. The topological polar surface area (TPSA) is 38.0 Å². The number of aromatic nitrogens is 2. The summed E-state index contributed by atoms with van der Waals surface area (Å²) in [6.07, 6.45) is 3.53. The first-order valence-corrected chi connectivity index (χ1v) is 6.13. The molecule has 5 heteroatoms. The molecule has 0 atom stereocenters. The van der Waals surface area contributed by atoms with Crippen LogP contribution in [0, 0.1) is 17.7 Å². The normalized spacial score (nSPS) is 10.1. The summed E-state index contributed by atoms with van der Waals surface area (Å²) in [6, 6.07) is 4.80. The lowest BCUT2D eigenvalue weighted by Crippen LogP contribution is -2.02. The maximum absolute atomic E-state index is 13.9. The molecule has 1 N–H and O–H groups in total. The fraction of sp³-hybridized carbons (Fsp3) is 0.214. The third-order valence-corrected chi connectivity index (χ3v) is 2.65. The maximum atomic E-state index is 13.9. The second-order valence-electron chi connectivity index (χ2n) is 3.94. The summed E-state index contributed by atoms with van der Waals surface area (Å²) < 4.78 is 15.4. The lowest BCUT2D eigenvalue weighted by atomic mass is 10.1. The van der Waals surface area contributed by atoms with E-state index in [4.69, 9.17) is 16.7 Å². The molecule has 0 aliphatic heterocycles. The van der Waals surface area contributed by atoms with Crippen LogP contribution in [0.2, 0.25) is 5.02 Å². The summed E-state index contributed by atoms with van der Waals surface area (Å²) >= 11 is 5.75. The molecular formula is C14H12ClFN2O. The van der Waals surface area contributed by atoms with Gasteiger partial charge >= 0.3 is 0 Å². The molecule has 2 rings (SSSR count). The van der Waals surface area contributed by atoms with Crippen LogP contribution in [0.15, 0.2) is 30.6 Å². The number of benzene rings is 1. The van der Waals surface area contributed by atoms with Gasteiger partial charge in [0.1, 0.15) is 5.82 Å². The molecule has 0 radical (unpaired) electrons. The van der Waals surface area contributed by atoms with E-state index in [1.165, 1.54) is 12.3 Å². The highest BCUT2D eigenvalue weighted by atomic mass is 35.5. The van der Waals surface area contributed by atoms with E-state index in [2.05, 4.69) is 16.9 Å². The number of hydrogen-bond acceptors (Lipinski definition) is 2. The van der Waals surface area contributed by atoms with E-state index >= 15 is 0 Å².